The molecule has 0 radical (unpaired) electrons. The van der Waals surface area contributed by atoms with E-state index in [0.717, 1.165) is 129 Å². The van der Waals surface area contributed by atoms with E-state index in [0.29, 0.717) is 29.6 Å². The summed E-state index contributed by atoms with van der Waals surface area (Å²) in [7, 11) is 0. The zero-order valence-corrected chi connectivity index (χ0v) is 35.8. The van der Waals surface area contributed by atoms with E-state index in [1.54, 1.807) is 11.3 Å². The van der Waals surface area contributed by atoms with Crippen molar-refractivity contribution in [1.29, 1.82) is 0 Å². The van der Waals surface area contributed by atoms with E-state index >= 15 is 0 Å². The van der Waals surface area contributed by atoms with Crippen LogP contribution >= 0.6 is 11.3 Å². The number of fused-ring (bicyclic) bond motifs is 2. The number of benzene rings is 1. The molecule has 59 heavy (non-hydrogen) atoms. The van der Waals surface area contributed by atoms with Gasteiger partial charge in [-0.2, -0.15) is 5.10 Å². The number of aromatic nitrogens is 6. The lowest BCUT2D eigenvalue weighted by molar-refractivity contribution is -0.249. The quantitative estimate of drug-likeness (QED) is 0.132. The summed E-state index contributed by atoms with van der Waals surface area (Å²) < 4.78 is 15.8. The first-order valence-corrected chi connectivity index (χ1v) is 22.1. The van der Waals surface area contributed by atoms with Crippen molar-refractivity contribution in [2.24, 2.45) is 16.2 Å². The molecule has 13 nitrogen and oxygen atoms in total. The fraction of sp³-hybridized carbons (Fsp3) is 0.556. The van der Waals surface area contributed by atoms with Crippen LogP contribution in [0.4, 0.5) is 22.6 Å². The third kappa shape index (κ3) is 7.09. The van der Waals surface area contributed by atoms with E-state index < -0.39 is 5.97 Å². The highest BCUT2D eigenvalue weighted by molar-refractivity contribution is 7.22. The van der Waals surface area contributed by atoms with Crippen LogP contribution in [-0.4, -0.2) is 97.5 Å². The van der Waals surface area contributed by atoms with Gasteiger partial charge < -0.3 is 24.8 Å². The first-order valence-electron chi connectivity index (χ1n) is 21.3. The van der Waals surface area contributed by atoms with Crippen LogP contribution in [0.1, 0.15) is 91.7 Å². The monoisotopic (exact) mass is 817 g/mol. The van der Waals surface area contributed by atoms with Gasteiger partial charge in [0.25, 0.3) is 0 Å². The Hall–Kier alpha value is -4.50. The summed E-state index contributed by atoms with van der Waals surface area (Å²) in [6.07, 6.45) is 10.4. The van der Waals surface area contributed by atoms with E-state index in [9.17, 15) is 9.90 Å². The summed E-state index contributed by atoms with van der Waals surface area (Å²) in [4.78, 5) is 27.0. The smallest absolute Gasteiger partial charge is 0.355 e. The molecule has 14 heteroatoms. The molecule has 1 aromatic carbocycles. The first-order chi connectivity index (χ1) is 28.3. The number of carboxylic acid groups (broad SMARTS) is 1. The maximum Gasteiger partial charge on any atom is 0.355 e. The number of hydrogen-bond donors (Lipinski definition) is 2. The minimum Gasteiger partial charge on any atom is -0.476 e. The van der Waals surface area contributed by atoms with Crippen molar-refractivity contribution < 1.29 is 19.4 Å². The summed E-state index contributed by atoms with van der Waals surface area (Å²) in [6, 6.07) is 10.1. The van der Waals surface area contributed by atoms with E-state index in [-0.39, 0.29) is 27.5 Å². The lowest BCUT2D eigenvalue weighted by atomic mass is 9.39. The van der Waals surface area contributed by atoms with Crippen LogP contribution in [0.2, 0.25) is 0 Å². The van der Waals surface area contributed by atoms with Crippen molar-refractivity contribution in [2.75, 3.05) is 56.2 Å². The van der Waals surface area contributed by atoms with Crippen molar-refractivity contribution in [1.82, 2.24) is 34.8 Å². The Labute approximate surface area is 349 Å². The number of rotatable bonds is 11. The third-order valence-electron chi connectivity index (χ3n) is 14.0. The van der Waals surface area contributed by atoms with Gasteiger partial charge in [0.15, 0.2) is 22.5 Å². The van der Waals surface area contributed by atoms with E-state index in [1.165, 1.54) is 12.0 Å². The Morgan fingerprint density at radius 3 is 2.53 bits per heavy atom. The molecule has 2 N–H and O–H groups in total. The Kier molecular flexibility index (Phi) is 9.39. The van der Waals surface area contributed by atoms with Crippen LogP contribution in [0.15, 0.2) is 36.5 Å². The number of aromatic carboxylic acids is 1. The largest absolute Gasteiger partial charge is 0.476 e. The van der Waals surface area contributed by atoms with Gasteiger partial charge in [-0.15, -0.1) is 10.2 Å². The number of thiazole rings is 1. The van der Waals surface area contributed by atoms with Crippen LogP contribution in [0, 0.1) is 37.0 Å². The first kappa shape index (κ1) is 38.7. The van der Waals surface area contributed by atoms with Crippen LogP contribution in [0.3, 0.4) is 0 Å². The molecule has 2 unspecified atom stereocenters. The van der Waals surface area contributed by atoms with Crippen molar-refractivity contribution in [3.8, 4) is 11.1 Å². The minimum atomic E-state index is -1.07. The summed E-state index contributed by atoms with van der Waals surface area (Å²) in [5.41, 5.74) is 6.95. The van der Waals surface area contributed by atoms with Crippen LogP contribution in [0.25, 0.3) is 21.3 Å². The summed E-state index contributed by atoms with van der Waals surface area (Å²) in [5.74, 6) is 0.853. The normalized spacial score (nSPS) is 27.7. The number of nitrogens with zero attached hydrogens (tertiary/aromatic N) is 8. The second-order valence-electron chi connectivity index (χ2n) is 19.2. The number of anilines is 4. The average molecular weight is 818 g/mol. The molecule has 11 rings (SSSR count). The molecule has 2 aliphatic heterocycles. The number of pyridine rings is 1. The number of nitrogens with one attached hydrogen (secondary N) is 1. The predicted molar refractivity (Wildman–Crippen MR) is 229 cm³/mol. The molecular formula is C45H55N9O4S. The highest BCUT2D eigenvalue weighted by Gasteiger charge is 2.66. The zero-order chi connectivity index (χ0) is 40.7. The third-order valence-corrected chi connectivity index (χ3v) is 14.9. The summed E-state index contributed by atoms with van der Waals surface area (Å²) >= 11 is 1.59. The topological polar surface area (TPSA) is 144 Å². The number of aryl methyl sites for hydroxylation is 1. The molecule has 0 amide bonds. The SMILES string of the molecule is Cc1ccc2sc(Nc3nnc4c(c3C)CCCN4c3ccc(-c4cnn(CC56CC7(C)CC(C)(C5)CC(OCCN5CCOCC5)(C7)C6)c4C)c(C(=O)O)n3)nc2c1. The fourth-order valence-electron chi connectivity index (χ4n) is 12.6. The van der Waals surface area contributed by atoms with E-state index in [1.807, 2.05) is 23.2 Å². The number of ether oxygens (including phenoxy) is 2. The summed E-state index contributed by atoms with van der Waals surface area (Å²) in [5, 5.41) is 29.1. The van der Waals surface area contributed by atoms with Gasteiger partial charge in [-0.3, -0.25) is 9.58 Å². The van der Waals surface area contributed by atoms with Gasteiger partial charge in [-0.1, -0.05) is 31.3 Å². The second-order valence-corrected chi connectivity index (χ2v) is 20.2. The molecule has 6 aliphatic rings. The van der Waals surface area contributed by atoms with Gasteiger partial charge in [0.1, 0.15) is 5.82 Å². The van der Waals surface area contributed by atoms with E-state index in [4.69, 9.17) is 24.5 Å². The Balaban J connectivity index is 0.896. The molecule has 310 valence electrons. The minimum absolute atomic E-state index is 0.00811. The molecule has 4 aliphatic carbocycles. The second kappa shape index (κ2) is 14.3. The van der Waals surface area contributed by atoms with Gasteiger partial charge in [0.2, 0.25) is 0 Å². The molecule has 4 saturated carbocycles. The van der Waals surface area contributed by atoms with Crippen molar-refractivity contribution in [3.05, 3.63) is 64.6 Å². The molecule has 0 spiro atoms. The maximum atomic E-state index is 13.0. The molecule has 5 fully saturated rings. The maximum absolute atomic E-state index is 13.0. The Bertz CT molecular complexity index is 2440. The number of carboxylic acids is 1. The van der Waals surface area contributed by atoms with Crippen LogP contribution < -0.4 is 10.2 Å². The van der Waals surface area contributed by atoms with Gasteiger partial charge in [-0.05, 0) is 118 Å². The molecule has 2 atom stereocenters. The Morgan fingerprint density at radius 1 is 0.949 bits per heavy atom. The molecule has 4 bridgehead atoms. The number of morpholine rings is 1. The zero-order valence-electron chi connectivity index (χ0n) is 34.9. The molecular weight excluding hydrogens is 763 g/mol. The molecule has 4 aromatic heterocycles. The van der Waals surface area contributed by atoms with Crippen molar-refractivity contribution in [2.45, 2.75) is 98.1 Å². The number of hydrogen-bond acceptors (Lipinski definition) is 12. The van der Waals surface area contributed by atoms with Crippen molar-refractivity contribution in [3.63, 3.8) is 0 Å². The highest BCUT2D eigenvalue weighted by atomic mass is 32.1. The van der Waals surface area contributed by atoms with Gasteiger partial charge >= 0.3 is 5.97 Å². The fourth-order valence-corrected chi connectivity index (χ4v) is 13.5. The standard InChI is InChI=1S/C45H55N9O4S/c1-28-8-10-35-34(19-28)47-41(59-35)49-38-29(2)31-7-6-12-53(39(31)51-50-38)36-11-9-32(37(48-36)40(55)56)33-20-46-54(30(33)3)27-44-22-42(4)21-43(5,23-44)25-45(24-42,26-44)58-18-15-52-13-16-57-17-14-52/h8-11,19-20H,6-7,12-18,21-27H2,1-5H3,(H,55,56)(H,47,49,50). The predicted octanol–water partition coefficient (Wildman–Crippen LogP) is 8.26. The van der Waals surface area contributed by atoms with Crippen LogP contribution in [0.5, 0.6) is 0 Å². The lowest BCUT2D eigenvalue weighted by Crippen LogP contribution is -2.64. The molecule has 6 heterocycles. The van der Waals surface area contributed by atoms with Gasteiger partial charge in [-0.25, -0.2) is 14.8 Å². The highest BCUT2D eigenvalue weighted by Crippen LogP contribution is 2.72. The van der Waals surface area contributed by atoms with Crippen LogP contribution in [-0.2, 0) is 22.4 Å². The molecule has 1 saturated heterocycles. The summed E-state index contributed by atoms with van der Waals surface area (Å²) in [6.45, 7) is 17.9. The Morgan fingerprint density at radius 2 is 1.75 bits per heavy atom. The van der Waals surface area contributed by atoms with Crippen molar-refractivity contribution >= 4 is 50.1 Å². The van der Waals surface area contributed by atoms with E-state index in [2.05, 4.69) is 77.9 Å². The lowest BCUT2D eigenvalue weighted by Gasteiger charge is -2.69. The average Bonchev–Trinajstić information content (AvgIpc) is 3.75. The molecule has 5 aromatic rings. The van der Waals surface area contributed by atoms with Gasteiger partial charge in [0, 0.05) is 60.7 Å². The number of carbonyl (C=O) groups is 1. The van der Waals surface area contributed by atoms with Gasteiger partial charge in [0.05, 0.1) is 41.8 Å².